The number of likely N-dealkylation sites (tertiary alicyclic amines) is 1. The van der Waals surface area contributed by atoms with E-state index in [1.54, 1.807) is 6.92 Å². The van der Waals surface area contributed by atoms with Gasteiger partial charge in [0.2, 0.25) is 15.4 Å². The summed E-state index contributed by atoms with van der Waals surface area (Å²) in [5, 5.41) is 10.0. The molecule has 24 heavy (non-hydrogen) atoms. The van der Waals surface area contributed by atoms with Crippen LogP contribution in [0.4, 0.5) is 5.13 Å². The standard InChI is InChI=1S/C14H25N5O3S2/c1-3-12(20)16-13-17-18-14(23-13)24(21,22)15-7-5-9-19-8-4-6-11(2)10-19/h11,15H,3-10H2,1-2H3,(H,16,17,20)/t11-/m0/s1. The Morgan fingerprint density at radius 3 is 2.92 bits per heavy atom. The minimum atomic E-state index is -3.67. The predicted octanol–water partition coefficient (Wildman–Crippen LogP) is 1.29. The van der Waals surface area contributed by atoms with E-state index in [-0.39, 0.29) is 15.4 Å². The lowest BCUT2D eigenvalue weighted by molar-refractivity contribution is -0.115. The number of piperidine rings is 1. The average Bonchev–Trinajstić information content (AvgIpc) is 3.01. The fourth-order valence-corrected chi connectivity index (χ4v) is 4.67. The Labute approximate surface area is 147 Å². The lowest BCUT2D eigenvalue weighted by Gasteiger charge is -2.30. The summed E-state index contributed by atoms with van der Waals surface area (Å²) < 4.78 is 26.8. The van der Waals surface area contributed by atoms with Crippen molar-refractivity contribution in [3.8, 4) is 0 Å². The first-order valence-corrected chi connectivity index (χ1v) is 10.6. The number of nitrogens with zero attached hydrogens (tertiary/aromatic N) is 3. The molecule has 1 atom stereocenters. The molecule has 1 fully saturated rings. The molecule has 1 aromatic rings. The van der Waals surface area contributed by atoms with Gasteiger partial charge in [-0.3, -0.25) is 4.79 Å². The zero-order chi connectivity index (χ0) is 17.6. The van der Waals surface area contributed by atoms with Gasteiger partial charge in [-0.25, -0.2) is 13.1 Å². The van der Waals surface area contributed by atoms with Crippen LogP contribution in [0.2, 0.25) is 0 Å². The molecule has 0 aliphatic carbocycles. The van der Waals surface area contributed by atoms with Crippen LogP contribution in [0.3, 0.4) is 0 Å². The van der Waals surface area contributed by atoms with Gasteiger partial charge in [0.05, 0.1) is 0 Å². The molecule has 0 saturated carbocycles. The van der Waals surface area contributed by atoms with Crippen molar-refractivity contribution < 1.29 is 13.2 Å². The first kappa shape index (κ1) is 19.2. The van der Waals surface area contributed by atoms with E-state index in [1.165, 1.54) is 12.8 Å². The Hall–Kier alpha value is -1.10. The number of nitrogens with one attached hydrogen (secondary N) is 2. The summed E-state index contributed by atoms with van der Waals surface area (Å²) >= 11 is 0.855. The van der Waals surface area contributed by atoms with Crippen molar-refractivity contribution in [2.75, 3.05) is 31.5 Å². The van der Waals surface area contributed by atoms with E-state index in [1.807, 2.05) is 0 Å². The summed E-state index contributed by atoms with van der Waals surface area (Å²) in [6, 6.07) is 0. The van der Waals surface area contributed by atoms with Crippen LogP contribution in [0, 0.1) is 5.92 Å². The smallest absolute Gasteiger partial charge is 0.269 e. The predicted molar refractivity (Wildman–Crippen MR) is 93.5 cm³/mol. The van der Waals surface area contributed by atoms with Crippen molar-refractivity contribution in [1.29, 1.82) is 0 Å². The van der Waals surface area contributed by atoms with E-state index in [0.717, 1.165) is 37.4 Å². The average molecular weight is 376 g/mol. The van der Waals surface area contributed by atoms with Crippen molar-refractivity contribution in [1.82, 2.24) is 19.8 Å². The Kier molecular flexibility index (Phi) is 7.08. The molecule has 0 unspecified atom stereocenters. The Bertz CT molecular complexity index is 647. The number of hydrogen-bond donors (Lipinski definition) is 2. The summed E-state index contributed by atoms with van der Waals surface area (Å²) in [6.07, 6.45) is 3.54. The maximum absolute atomic E-state index is 12.2. The number of anilines is 1. The summed E-state index contributed by atoms with van der Waals surface area (Å²) in [6.45, 7) is 7.39. The number of sulfonamides is 1. The van der Waals surface area contributed by atoms with Gasteiger partial charge in [-0.05, 0) is 38.3 Å². The molecule has 2 N–H and O–H groups in total. The maximum atomic E-state index is 12.2. The van der Waals surface area contributed by atoms with Gasteiger partial charge in [0.25, 0.3) is 10.0 Å². The summed E-state index contributed by atoms with van der Waals surface area (Å²) in [5.74, 6) is 0.493. The molecule has 2 heterocycles. The van der Waals surface area contributed by atoms with Crippen molar-refractivity contribution in [2.45, 2.75) is 43.9 Å². The van der Waals surface area contributed by atoms with Crippen LogP contribution in [0.25, 0.3) is 0 Å². The molecule has 0 spiro atoms. The van der Waals surface area contributed by atoms with Gasteiger partial charge >= 0.3 is 0 Å². The van der Waals surface area contributed by atoms with Gasteiger partial charge in [-0.2, -0.15) is 0 Å². The second-order valence-electron chi connectivity index (χ2n) is 6.07. The highest BCUT2D eigenvalue weighted by molar-refractivity contribution is 7.91. The molecule has 1 aromatic heterocycles. The SMILES string of the molecule is CCC(=O)Nc1nnc(S(=O)(=O)NCCCN2CCC[C@H](C)C2)s1. The van der Waals surface area contributed by atoms with Crippen LogP contribution in [-0.4, -0.2) is 55.6 Å². The molecule has 136 valence electrons. The molecular weight excluding hydrogens is 350 g/mol. The van der Waals surface area contributed by atoms with Gasteiger partial charge in [0.1, 0.15) is 0 Å². The lowest BCUT2D eigenvalue weighted by Crippen LogP contribution is -2.36. The number of amides is 1. The first-order valence-electron chi connectivity index (χ1n) is 8.26. The third kappa shape index (κ3) is 5.76. The molecular formula is C14H25N5O3S2. The lowest BCUT2D eigenvalue weighted by atomic mass is 10.0. The van der Waals surface area contributed by atoms with Crippen LogP contribution in [0.1, 0.15) is 39.5 Å². The zero-order valence-electron chi connectivity index (χ0n) is 14.1. The molecule has 0 aromatic carbocycles. The van der Waals surface area contributed by atoms with Crippen LogP contribution in [-0.2, 0) is 14.8 Å². The summed E-state index contributed by atoms with van der Waals surface area (Å²) in [7, 11) is -3.67. The highest BCUT2D eigenvalue weighted by atomic mass is 32.2. The maximum Gasteiger partial charge on any atom is 0.269 e. The molecule has 1 saturated heterocycles. The Morgan fingerprint density at radius 1 is 1.42 bits per heavy atom. The van der Waals surface area contributed by atoms with E-state index in [0.29, 0.717) is 18.9 Å². The Balaban J connectivity index is 1.77. The monoisotopic (exact) mass is 375 g/mol. The topological polar surface area (TPSA) is 104 Å². The third-order valence-electron chi connectivity index (χ3n) is 3.89. The molecule has 0 bridgehead atoms. The van der Waals surface area contributed by atoms with Crippen molar-refractivity contribution in [2.24, 2.45) is 5.92 Å². The summed E-state index contributed by atoms with van der Waals surface area (Å²) in [5.41, 5.74) is 0. The molecule has 2 rings (SSSR count). The Morgan fingerprint density at radius 2 is 2.21 bits per heavy atom. The number of carbonyl (C=O) groups excluding carboxylic acids is 1. The third-order valence-corrected chi connectivity index (χ3v) is 6.56. The van der Waals surface area contributed by atoms with Crippen molar-refractivity contribution in [3.63, 3.8) is 0 Å². The molecule has 1 amide bonds. The second kappa shape index (κ2) is 8.84. The second-order valence-corrected chi connectivity index (χ2v) is 8.99. The van der Waals surface area contributed by atoms with Gasteiger partial charge in [-0.15, -0.1) is 10.2 Å². The van der Waals surface area contributed by atoms with Crippen LogP contribution in [0.5, 0.6) is 0 Å². The number of aromatic nitrogens is 2. The van der Waals surface area contributed by atoms with E-state index in [9.17, 15) is 13.2 Å². The van der Waals surface area contributed by atoms with Crippen molar-refractivity contribution in [3.05, 3.63) is 0 Å². The van der Waals surface area contributed by atoms with Crippen LogP contribution < -0.4 is 10.0 Å². The van der Waals surface area contributed by atoms with E-state index < -0.39 is 10.0 Å². The fraction of sp³-hybridized carbons (Fsp3) is 0.786. The normalized spacial score (nSPS) is 19.3. The molecule has 0 radical (unpaired) electrons. The zero-order valence-corrected chi connectivity index (χ0v) is 15.8. The summed E-state index contributed by atoms with van der Waals surface area (Å²) in [4.78, 5) is 13.7. The van der Waals surface area contributed by atoms with Gasteiger partial charge in [0.15, 0.2) is 0 Å². The highest BCUT2D eigenvalue weighted by Gasteiger charge is 2.21. The van der Waals surface area contributed by atoms with Crippen LogP contribution >= 0.6 is 11.3 Å². The number of carbonyl (C=O) groups is 1. The minimum Gasteiger partial charge on any atom is -0.303 e. The van der Waals surface area contributed by atoms with Crippen molar-refractivity contribution >= 4 is 32.4 Å². The van der Waals surface area contributed by atoms with E-state index in [2.05, 4.69) is 32.1 Å². The number of hydrogen-bond acceptors (Lipinski definition) is 7. The fourth-order valence-electron chi connectivity index (χ4n) is 2.64. The molecule has 1 aliphatic rings. The molecule has 8 nitrogen and oxygen atoms in total. The largest absolute Gasteiger partial charge is 0.303 e. The van der Waals surface area contributed by atoms with Crippen LogP contribution in [0.15, 0.2) is 4.34 Å². The van der Waals surface area contributed by atoms with Gasteiger partial charge in [-0.1, -0.05) is 25.2 Å². The first-order chi connectivity index (χ1) is 11.4. The van der Waals surface area contributed by atoms with E-state index >= 15 is 0 Å². The quantitative estimate of drug-likeness (QED) is 0.524. The highest BCUT2D eigenvalue weighted by Crippen LogP contribution is 2.20. The minimum absolute atomic E-state index is 0.125. The van der Waals surface area contributed by atoms with Gasteiger partial charge < -0.3 is 10.2 Å². The number of rotatable bonds is 8. The molecule has 10 heteroatoms. The van der Waals surface area contributed by atoms with Gasteiger partial charge in [0, 0.05) is 19.5 Å². The van der Waals surface area contributed by atoms with E-state index in [4.69, 9.17) is 0 Å². The molecule has 1 aliphatic heterocycles.